The molecule has 0 aliphatic carbocycles. The van der Waals surface area contributed by atoms with Gasteiger partial charge in [-0.25, -0.2) is 14.8 Å². The van der Waals surface area contributed by atoms with E-state index in [4.69, 9.17) is 9.47 Å². The van der Waals surface area contributed by atoms with E-state index < -0.39 is 0 Å². The molecule has 0 saturated carbocycles. The Hall–Kier alpha value is -2.22. The quantitative estimate of drug-likeness (QED) is 0.729. The lowest BCUT2D eigenvalue weighted by Gasteiger charge is -2.34. The number of esters is 1. The van der Waals surface area contributed by atoms with Gasteiger partial charge in [-0.05, 0) is 37.7 Å². The number of thiophene rings is 1. The normalized spacial score (nSPS) is 19.9. The largest absolute Gasteiger partial charge is 0.467 e. The first-order valence-corrected chi connectivity index (χ1v) is 10.0. The third kappa shape index (κ3) is 4.21. The number of nitrogens with zero attached hydrogens (tertiary/aromatic N) is 3. The average molecular weight is 391 g/mol. The molecule has 1 saturated heterocycles. The van der Waals surface area contributed by atoms with E-state index in [1.807, 2.05) is 11.8 Å². The van der Waals surface area contributed by atoms with Gasteiger partial charge in [-0.1, -0.05) is 13.8 Å². The second-order valence-electron chi connectivity index (χ2n) is 7.17. The molecule has 7 nitrogen and oxygen atoms in total. The summed E-state index contributed by atoms with van der Waals surface area (Å²) >= 11 is 1.25. The predicted molar refractivity (Wildman–Crippen MR) is 103 cm³/mol. The minimum absolute atomic E-state index is 0.0429. The fourth-order valence-corrected chi connectivity index (χ4v) is 4.66. The fraction of sp³-hybridized carbons (Fsp3) is 0.579. The van der Waals surface area contributed by atoms with Crippen LogP contribution in [0.2, 0.25) is 0 Å². The van der Waals surface area contributed by atoms with Gasteiger partial charge in [0.25, 0.3) is 5.91 Å². The zero-order chi connectivity index (χ0) is 19.6. The Morgan fingerprint density at radius 1 is 1.26 bits per heavy atom. The Labute approximate surface area is 162 Å². The molecule has 0 bridgehead atoms. The molecule has 8 heteroatoms. The average Bonchev–Trinajstić information content (AvgIpc) is 2.96. The van der Waals surface area contributed by atoms with Crippen LogP contribution in [0.3, 0.4) is 0 Å². The number of hydrogen-bond donors (Lipinski definition) is 0. The second-order valence-corrected chi connectivity index (χ2v) is 8.17. The highest BCUT2D eigenvalue weighted by atomic mass is 32.1. The lowest BCUT2D eigenvalue weighted by molar-refractivity contribution is -0.136. The van der Waals surface area contributed by atoms with Crippen molar-refractivity contribution in [3.05, 3.63) is 16.8 Å². The van der Waals surface area contributed by atoms with Crippen molar-refractivity contribution in [2.75, 3.05) is 26.3 Å². The summed E-state index contributed by atoms with van der Waals surface area (Å²) < 4.78 is 10.8. The number of ether oxygens (including phenoxy) is 2. The molecule has 27 heavy (non-hydrogen) atoms. The number of carbonyl (C=O) groups is 2. The molecule has 2 aromatic rings. The highest BCUT2D eigenvalue weighted by Crippen LogP contribution is 2.34. The van der Waals surface area contributed by atoms with E-state index in [1.165, 1.54) is 17.7 Å². The Morgan fingerprint density at radius 3 is 2.63 bits per heavy atom. The Bertz CT molecular complexity index is 841. The number of aromatic nitrogens is 2. The highest BCUT2D eigenvalue weighted by Gasteiger charge is 2.26. The van der Waals surface area contributed by atoms with Gasteiger partial charge in [0.2, 0.25) is 5.88 Å². The topological polar surface area (TPSA) is 81.6 Å². The number of likely N-dealkylation sites (tertiary alicyclic amines) is 1. The lowest BCUT2D eigenvalue weighted by Crippen LogP contribution is -2.44. The molecule has 2 aromatic heterocycles. The molecule has 2 atom stereocenters. The summed E-state index contributed by atoms with van der Waals surface area (Å²) in [5.41, 5.74) is 0.719. The molecule has 0 N–H and O–H groups in total. The number of amides is 1. The first-order chi connectivity index (χ1) is 12.9. The van der Waals surface area contributed by atoms with Crippen molar-refractivity contribution in [1.82, 2.24) is 14.9 Å². The van der Waals surface area contributed by atoms with Crippen molar-refractivity contribution >= 4 is 33.4 Å². The smallest absolute Gasteiger partial charge is 0.348 e. The first kappa shape index (κ1) is 19.5. The number of hydrogen-bond acceptors (Lipinski definition) is 7. The van der Waals surface area contributed by atoms with Crippen LogP contribution in [0.15, 0.2) is 6.33 Å². The third-order valence-corrected chi connectivity index (χ3v) is 5.89. The van der Waals surface area contributed by atoms with Gasteiger partial charge in [0.05, 0.1) is 12.0 Å². The summed E-state index contributed by atoms with van der Waals surface area (Å²) in [6, 6.07) is 0. The van der Waals surface area contributed by atoms with E-state index in [1.54, 1.807) is 6.92 Å². The van der Waals surface area contributed by atoms with Crippen LogP contribution in [-0.2, 0) is 9.53 Å². The molecule has 1 aliphatic rings. The summed E-state index contributed by atoms with van der Waals surface area (Å²) in [6.07, 6.45) is 2.53. The molecule has 1 aliphatic heterocycles. The van der Waals surface area contributed by atoms with Crippen LogP contribution in [0.4, 0.5) is 0 Å². The number of piperidine rings is 1. The number of fused-ring (bicyclic) bond motifs is 1. The molecular weight excluding hydrogens is 366 g/mol. The standard InChI is InChI=1S/C19H25N3O4S/c1-5-25-19(24)16-13(4)15-17(20-10-21-18(15)27-16)26-9-14(23)22-7-11(2)6-12(3)8-22/h10-12H,5-9H2,1-4H3/t11-,12-/m0/s1. The van der Waals surface area contributed by atoms with Gasteiger partial charge in [0.15, 0.2) is 6.61 Å². The monoisotopic (exact) mass is 391 g/mol. The van der Waals surface area contributed by atoms with E-state index in [0.717, 1.165) is 25.1 Å². The summed E-state index contributed by atoms with van der Waals surface area (Å²) in [5.74, 6) is 0.898. The van der Waals surface area contributed by atoms with Crippen LogP contribution in [0.5, 0.6) is 5.88 Å². The number of aryl methyl sites for hydroxylation is 1. The van der Waals surface area contributed by atoms with Crippen molar-refractivity contribution in [3.63, 3.8) is 0 Å². The molecule has 0 aromatic carbocycles. The molecule has 0 unspecified atom stereocenters. The maximum absolute atomic E-state index is 12.6. The molecule has 146 valence electrons. The van der Waals surface area contributed by atoms with E-state index >= 15 is 0 Å². The van der Waals surface area contributed by atoms with Crippen molar-refractivity contribution < 1.29 is 19.1 Å². The SMILES string of the molecule is CCOC(=O)c1sc2ncnc(OCC(=O)N3C[C@@H](C)C[C@H](C)C3)c2c1C. The van der Waals surface area contributed by atoms with E-state index in [2.05, 4.69) is 23.8 Å². The molecule has 3 heterocycles. The molecule has 3 rings (SSSR count). The van der Waals surface area contributed by atoms with Crippen LogP contribution >= 0.6 is 11.3 Å². The molecule has 1 fully saturated rings. The predicted octanol–water partition coefficient (Wildman–Crippen LogP) is 3.06. The minimum Gasteiger partial charge on any atom is -0.467 e. The van der Waals surface area contributed by atoms with Crippen LogP contribution in [0.1, 0.15) is 42.4 Å². The minimum atomic E-state index is -0.378. The summed E-state index contributed by atoms with van der Waals surface area (Å²) in [4.78, 5) is 36.1. The summed E-state index contributed by atoms with van der Waals surface area (Å²) in [7, 11) is 0. The summed E-state index contributed by atoms with van der Waals surface area (Å²) in [5, 5.41) is 0.665. The Morgan fingerprint density at radius 2 is 1.96 bits per heavy atom. The number of carbonyl (C=O) groups excluding carboxylic acids is 2. The molecule has 1 amide bonds. The zero-order valence-corrected chi connectivity index (χ0v) is 17.0. The fourth-order valence-electron chi connectivity index (χ4n) is 3.63. The van der Waals surface area contributed by atoms with E-state index in [0.29, 0.717) is 39.4 Å². The van der Waals surface area contributed by atoms with Crippen molar-refractivity contribution in [2.24, 2.45) is 11.8 Å². The second kappa shape index (κ2) is 8.21. The van der Waals surface area contributed by atoms with Crippen molar-refractivity contribution in [3.8, 4) is 5.88 Å². The Balaban J connectivity index is 1.77. The highest BCUT2D eigenvalue weighted by molar-refractivity contribution is 7.20. The van der Waals surface area contributed by atoms with E-state index in [9.17, 15) is 9.59 Å². The third-order valence-electron chi connectivity index (χ3n) is 4.71. The summed E-state index contributed by atoms with van der Waals surface area (Å²) in [6.45, 7) is 9.66. The first-order valence-electron chi connectivity index (χ1n) is 9.22. The molecule has 0 radical (unpaired) electrons. The van der Waals surface area contributed by atoms with Crippen LogP contribution in [0.25, 0.3) is 10.2 Å². The van der Waals surface area contributed by atoms with Gasteiger partial charge in [-0.3, -0.25) is 4.79 Å². The molecular formula is C19H25N3O4S. The van der Waals surface area contributed by atoms with Gasteiger partial charge in [-0.15, -0.1) is 11.3 Å². The maximum Gasteiger partial charge on any atom is 0.348 e. The number of rotatable bonds is 5. The zero-order valence-electron chi connectivity index (χ0n) is 16.2. The van der Waals surface area contributed by atoms with Crippen molar-refractivity contribution in [2.45, 2.75) is 34.1 Å². The van der Waals surface area contributed by atoms with Gasteiger partial charge in [0.1, 0.15) is 16.0 Å². The van der Waals surface area contributed by atoms with Gasteiger partial charge >= 0.3 is 5.97 Å². The van der Waals surface area contributed by atoms with Crippen LogP contribution < -0.4 is 4.74 Å². The maximum atomic E-state index is 12.6. The lowest BCUT2D eigenvalue weighted by atomic mass is 9.92. The Kier molecular flexibility index (Phi) is 5.94. The van der Waals surface area contributed by atoms with Crippen LogP contribution in [0, 0.1) is 18.8 Å². The molecule has 0 spiro atoms. The van der Waals surface area contributed by atoms with Crippen molar-refractivity contribution in [1.29, 1.82) is 0 Å². The van der Waals surface area contributed by atoms with Gasteiger partial charge in [-0.2, -0.15) is 0 Å². The van der Waals surface area contributed by atoms with Crippen LogP contribution in [-0.4, -0.2) is 53.0 Å². The van der Waals surface area contributed by atoms with E-state index in [-0.39, 0.29) is 18.5 Å². The van der Waals surface area contributed by atoms with Gasteiger partial charge in [0, 0.05) is 13.1 Å². The van der Waals surface area contributed by atoms with Gasteiger partial charge < -0.3 is 14.4 Å².